The molecule has 0 spiro atoms. The number of aromatic nitrogens is 3. The van der Waals surface area contributed by atoms with Crippen molar-refractivity contribution in [2.75, 3.05) is 49.1 Å². The third-order valence-corrected chi connectivity index (χ3v) is 7.64. The fourth-order valence-electron chi connectivity index (χ4n) is 5.21. The molecule has 0 bridgehead atoms. The molecule has 0 amide bonds. The lowest BCUT2D eigenvalue weighted by Crippen LogP contribution is -2.38. The van der Waals surface area contributed by atoms with Crippen molar-refractivity contribution in [2.45, 2.75) is 37.9 Å². The smallest absolute Gasteiger partial charge is 0.257 e. The van der Waals surface area contributed by atoms with Gasteiger partial charge in [0.1, 0.15) is 5.60 Å². The molecule has 0 fully saturated rings. The van der Waals surface area contributed by atoms with Crippen molar-refractivity contribution in [1.29, 1.82) is 0 Å². The van der Waals surface area contributed by atoms with Gasteiger partial charge in [0.2, 0.25) is 17.6 Å². The van der Waals surface area contributed by atoms with E-state index in [1.807, 2.05) is 63.2 Å². The number of hydrogen-bond donors (Lipinski definition) is 1. The Bertz CT molecular complexity index is 1570. The van der Waals surface area contributed by atoms with Gasteiger partial charge in [-0.1, -0.05) is 15.9 Å². The zero-order valence-electron chi connectivity index (χ0n) is 25.8. The highest BCUT2D eigenvalue weighted by Gasteiger charge is 2.45. The van der Waals surface area contributed by atoms with Crippen molar-refractivity contribution in [3.8, 4) is 29.3 Å². The van der Waals surface area contributed by atoms with E-state index >= 15 is 0 Å². The average Bonchev–Trinajstić information content (AvgIpc) is 2.98. The first-order chi connectivity index (χ1) is 20.5. The molecule has 43 heavy (non-hydrogen) atoms. The minimum Gasteiger partial charge on any atom is -0.491 e. The monoisotopic (exact) mass is 654 g/mol. The topological polar surface area (TPSA) is 108 Å². The molecule has 0 saturated heterocycles. The van der Waals surface area contributed by atoms with Crippen LogP contribution in [-0.2, 0) is 5.60 Å². The maximum absolute atomic E-state index is 13.2. The molecule has 11 heteroatoms. The van der Waals surface area contributed by atoms with Crippen LogP contribution in [0, 0.1) is 0 Å². The molecule has 0 aliphatic heterocycles. The second kappa shape index (κ2) is 13.7. The number of benzene rings is 1. The van der Waals surface area contributed by atoms with E-state index in [2.05, 4.69) is 25.9 Å². The van der Waals surface area contributed by atoms with E-state index in [9.17, 15) is 5.11 Å². The van der Waals surface area contributed by atoms with Crippen molar-refractivity contribution in [2.24, 2.45) is 0 Å². The minimum absolute atomic E-state index is 0.147. The van der Waals surface area contributed by atoms with Crippen LogP contribution in [-0.4, -0.2) is 80.1 Å². The molecule has 1 N–H and O–H groups in total. The molecule has 4 rings (SSSR count). The number of halogens is 1. The van der Waals surface area contributed by atoms with Gasteiger partial charge in [-0.2, -0.15) is 4.98 Å². The van der Waals surface area contributed by atoms with Gasteiger partial charge in [-0.05, 0) is 70.3 Å². The molecule has 0 saturated carbocycles. The fourth-order valence-corrected chi connectivity index (χ4v) is 5.58. The molecular formula is C32H39BrN4O6. The molecule has 2 atom stereocenters. The Balaban J connectivity index is 2.14. The molecule has 0 radical (unpaired) electrons. The number of rotatable bonds is 13. The van der Waals surface area contributed by atoms with Crippen LogP contribution in [0.1, 0.15) is 42.9 Å². The number of fused-ring (bicyclic) bond motifs is 1. The molecular weight excluding hydrogens is 616 g/mol. The lowest BCUT2D eigenvalue weighted by molar-refractivity contribution is 0.00250. The van der Waals surface area contributed by atoms with Gasteiger partial charge < -0.3 is 33.7 Å². The Morgan fingerprint density at radius 2 is 1.58 bits per heavy atom. The largest absolute Gasteiger partial charge is 0.491 e. The summed E-state index contributed by atoms with van der Waals surface area (Å²) in [7, 11) is 10.1. The molecule has 0 aliphatic carbocycles. The first kappa shape index (κ1) is 32.2. The van der Waals surface area contributed by atoms with E-state index in [1.165, 1.54) is 14.2 Å². The van der Waals surface area contributed by atoms with Gasteiger partial charge in [0.15, 0.2) is 5.75 Å². The van der Waals surface area contributed by atoms with Gasteiger partial charge in [-0.15, -0.1) is 0 Å². The predicted molar refractivity (Wildman–Crippen MR) is 169 cm³/mol. The maximum Gasteiger partial charge on any atom is 0.257 e. The van der Waals surface area contributed by atoms with Crippen LogP contribution < -0.4 is 23.7 Å². The summed E-state index contributed by atoms with van der Waals surface area (Å²) in [6.45, 7) is 4.37. The summed E-state index contributed by atoms with van der Waals surface area (Å²) < 4.78 is 29.9. The van der Waals surface area contributed by atoms with E-state index in [-0.39, 0.29) is 12.0 Å². The van der Waals surface area contributed by atoms with Gasteiger partial charge >= 0.3 is 0 Å². The van der Waals surface area contributed by atoms with Gasteiger partial charge in [-0.25, -0.2) is 9.97 Å². The lowest BCUT2D eigenvalue weighted by Gasteiger charge is -2.39. The summed E-state index contributed by atoms with van der Waals surface area (Å²) in [6.07, 6.45) is 1.78. The highest BCUT2D eigenvalue weighted by molar-refractivity contribution is 9.10. The van der Waals surface area contributed by atoms with Crippen molar-refractivity contribution < 1.29 is 28.8 Å². The first-order valence-electron chi connectivity index (χ1n) is 13.9. The normalized spacial score (nSPS) is 13.6. The third-order valence-electron chi connectivity index (χ3n) is 7.15. The number of pyridine rings is 3. The van der Waals surface area contributed by atoms with Crippen LogP contribution in [0.2, 0.25) is 0 Å². The Labute approximate surface area is 261 Å². The van der Waals surface area contributed by atoms with Crippen LogP contribution in [0.15, 0.2) is 53.1 Å². The second-order valence-corrected chi connectivity index (χ2v) is 11.6. The summed E-state index contributed by atoms with van der Waals surface area (Å²) in [5, 5.41) is 14.1. The Morgan fingerprint density at radius 3 is 2.21 bits per heavy atom. The van der Waals surface area contributed by atoms with Crippen LogP contribution in [0.25, 0.3) is 10.9 Å². The standard InChI is InChI=1S/C32H39BrN4O6/c1-19(2)43-27-18-21(17-26(36-27)39-5)32(38,12-14-37(3)4)28(23-11-13-34-31(42-8)29(23)40-6)24-16-20-15-22(33)9-10-25(20)35-30(24)41-7/h9-11,13,15-19,28,38H,12,14H2,1-8H3. The number of hydrogen-bond acceptors (Lipinski definition) is 10. The quantitative estimate of drug-likeness (QED) is 0.196. The minimum atomic E-state index is -1.59. The van der Waals surface area contributed by atoms with Gasteiger partial charge in [-0.3, -0.25) is 0 Å². The summed E-state index contributed by atoms with van der Waals surface area (Å²) in [5.41, 5.74) is 0.965. The highest BCUT2D eigenvalue weighted by atomic mass is 79.9. The first-order valence-corrected chi connectivity index (χ1v) is 14.6. The lowest BCUT2D eigenvalue weighted by atomic mass is 9.71. The molecule has 10 nitrogen and oxygen atoms in total. The van der Waals surface area contributed by atoms with Crippen molar-refractivity contribution in [1.82, 2.24) is 19.9 Å². The summed E-state index contributed by atoms with van der Waals surface area (Å²) in [5.74, 6) is 0.880. The number of ether oxygens (including phenoxy) is 5. The Hall–Kier alpha value is -3.67. The van der Waals surface area contributed by atoms with Crippen LogP contribution >= 0.6 is 15.9 Å². The number of methoxy groups -OCH3 is 4. The molecule has 3 aromatic heterocycles. The average molecular weight is 656 g/mol. The Kier molecular flexibility index (Phi) is 10.3. The molecule has 230 valence electrons. The third kappa shape index (κ3) is 6.95. The number of nitrogens with zero attached hydrogens (tertiary/aromatic N) is 4. The molecule has 2 unspecified atom stereocenters. The van der Waals surface area contributed by atoms with E-state index < -0.39 is 11.5 Å². The molecule has 0 aliphatic rings. The maximum atomic E-state index is 13.2. The van der Waals surface area contributed by atoms with Crippen molar-refractivity contribution in [3.05, 3.63) is 69.8 Å². The van der Waals surface area contributed by atoms with Crippen LogP contribution in [0.3, 0.4) is 0 Å². The van der Waals surface area contributed by atoms with Crippen molar-refractivity contribution in [3.63, 3.8) is 0 Å². The summed E-state index contributed by atoms with van der Waals surface area (Å²) >= 11 is 3.58. The molecule has 3 heterocycles. The summed E-state index contributed by atoms with van der Waals surface area (Å²) in [4.78, 5) is 15.7. The van der Waals surface area contributed by atoms with Crippen LogP contribution in [0.4, 0.5) is 0 Å². The van der Waals surface area contributed by atoms with E-state index in [1.54, 1.807) is 32.5 Å². The predicted octanol–water partition coefficient (Wildman–Crippen LogP) is 5.58. The number of aliphatic hydroxyl groups is 1. The van der Waals surface area contributed by atoms with Gasteiger partial charge in [0, 0.05) is 45.9 Å². The van der Waals surface area contributed by atoms with E-state index in [0.29, 0.717) is 53.0 Å². The zero-order valence-corrected chi connectivity index (χ0v) is 27.4. The molecule has 1 aromatic carbocycles. The van der Waals surface area contributed by atoms with Gasteiger partial charge in [0.05, 0.1) is 46.0 Å². The van der Waals surface area contributed by atoms with Crippen molar-refractivity contribution >= 4 is 26.8 Å². The zero-order chi connectivity index (χ0) is 31.3. The van der Waals surface area contributed by atoms with Gasteiger partial charge in [0.25, 0.3) is 5.88 Å². The van der Waals surface area contributed by atoms with E-state index in [4.69, 9.17) is 28.7 Å². The van der Waals surface area contributed by atoms with E-state index in [0.717, 1.165) is 15.4 Å². The fraction of sp³-hybridized carbons (Fsp3) is 0.406. The molecule has 4 aromatic rings. The second-order valence-electron chi connectivity index (χ2n) is 10.7. The highest BCUT2D eigenvalue weighted by Crippen LogP contribution is 2.51. The Morgan fingerprint density at radius 1 is 0.860 bits per heavy atom. The SMILES string of the molecule is COc1cc(C(O)(CCN(C)C)C(c2cc3cc(Br)ccc3nc2OC)c2ccnc(OC)c2OC)cc(OC(C)C)n1. The summed E-state index contributed by atoms with van der Waals surface area (Å²) in [6, 6.07) is 13.1. The van der Waals surface area contributed by atoms with Crippen LogP contribution in [0.5, 0.6) is 29.3 Å².